The minimum atomic E-state index is -2.65. The van der Waals surface area contributed by atoms with E-state index in [9.17, 15) is 18.4 Å². The molecular formula is C8H11F2NO2. The largest absolute Gasteiger partial charge is 0.276 e. The van der Waals surface area contributed by atoms with Crippen molar-refractivity contribution < 1.29 is 18.4 Å². The molecule has 0 aromatic carbocycles. The van der Waals surface area contributed by atoms with Crippen LogP contribution in [0.15, 0.2) is 0 Å². The van der Waals surface area contributed by atoms with Gasteiger partial charge in [-0.25, -0.2) is 8.78 Å². The maximum Gasteiger partial charge on any atom is 0.256 e. The first-order valence-corrected chi connectivity index (χ1v) is 3.97. The Labute approximate surface area is 74.7 Å². The van der Waals surface area contributed by atoms with Gasteiger partial charge in [0.25, 0.3) is 6.43 Å². The van der Waals surface area contributed by atoms with Crippen molar-refractivity contribution in [1.82, 2.24) is 4.90 Å². The van der Waals surface area contributed by atoms with E-state index < -0.39 is 30.2 Å². The molecule has 5 heteroatoms. The topological polar surface area (TPSA) is 37.4 Å². The van der Waals surface area contributed by atoms with Gasteiger partial charge in [-0.15, -0.1) is 0 Å². The smallest absolute Gasteiger partial charge is 0.256 e. The SMILES string of the molecule is CC1(C)CC(=O)N(CC(F)F)C1=O. The maximum absolute atomic E-state index is 11.9. The van der Waals surface area contributed by atoms with Gasteiger partial charge in [0, 0.05) is 6.42 Å². The molecular weight excluding hydrogens is 180 g/mol. The number of carbonyl (C=O) groups is 2. The van der Waals surface area contributed by atoms with E-state index in [1.807, 2.05) is 0 Å². The van der Waals surface area contributed by atoms with Crippen molar-refractivity contribution >= 4 is 11.8 Å². The number of alkyl halides is 2. The minimum Gasteiger partial charge on any atom is -0.276 e. The maximum atomic E-state index is 11.9. The Hall–Kier alpha value is -1.00. The zero-order chi connectivity index (χ0) is 10.2. The molecule has 0 bridgehead atoms. The molecule has 0 spiro atoms. The molecule has 0 saturated carbocycles. The number of imide groups is 1. The molecule has 3 nitrogen and oxygen atoms in total. The summed E-state index contributed by atoms with van der Waals surface area (Å²) >= 11 is 0. The summed E-state index contributed by atoms with van der Waals surface area (Å²) < 4.78 is 23.9. The van der Waals surface area contributed by atoms with Crippen molar-refractivity contribution in [3.63, 3.8) is 0 Å². The Bertz CT molecular complexity index is 251. The summed E-state index contributed by atoms with van der Waals surface area (Å²) in [7, 11) is 0. The lowest BCUT2D eigenvalue weighted by molar-refractivity contribution is -0.142. The van der Waals surface area contributed by atoms with Crippen LogP contribution in [0.3, 0.4) is 0 Å². The molecule has 0 aliphatic carbocycles. The fourth-order valence-electron chi connectivity index (χ4n) is 1.35. The van der Waals surface area contributed by atoms with Crippen LogP contribution in [0.25, 0.3) is 0 Å². The van der Waals surface area contributed by atoms with Crippen LogP contribution in [0.2, 0.25) is 0 Å². The van der Waals surface area contributed by atoms with Crippen molar-refractivity contribution in [2.45, 2.75) is 26.7 Å². The van der Waals surface area contributed by atoms with Crippen molar-refractivity contribution in [2.24, 2.45) is 5.41 Å². The number of amides is 2. The monoisotopic (exact) mass is 191 g/mol. The molecule has 0 atom stereocenters. The molecule has 1 aliphatic heterocycles. The molecule has 74 valence electrons. The molecule has 1 fully saturated rings. The van der Waals surface area contributed by atoms with Gasteiger partial charge < -0.3 is 0 Å². The van der Waals surface area contributed by atoms with Crippen LogP contribution in [0.1, 0.15) is 20.3 Å². The normalized spacial score (nSPS) is 21.8. The van der Waals surface area contributed by atoms with E-state index in [1.165, 1.54) is 0 Å². The van der Waals surface area contributed by atoms with Crippen molar-refractivity contribution in [3.8, 4) is 0 Å². The zero-order valence-electron chi connectivity index (χ0n) is 7.51. The first-order valence-electron chi connectivity index (χ1n) is 3.97. The van der Waals surface area contributed by atoms with Crippen LogP contribution in [0, 0.1) is 5.41 Å². The van der Waals surface area contributed by atoms with Crippen LogP contribution >= 0.6 is 0 Å². The molecule has 0 radical (unpaired) electrons. The van der Waals surface area contributed by atoms with E-state index in [0.29, 0.717) is 4.90 Å². The highest BCUT2D eigenvalue weighted by Crippen LogP contribution is 2.31. The lowest BCUT2D eigenvalue weighted by Gasteiger charge is -2.16. The van der Waals surface area contributed by atoms with Crippen molar-refractivity contribution in [3.05, 3.63) is 0 Å². The summed E-state index contributed by atoms with van der Waals surface area (Å²) in [5.74, 6) is -1.01. The molecule has 0 aromatic rings. The molecule has 1 saturated heterocycles. The first kappa shape index (κ1) is 10.1. The third kappa shape index (κ3) is 1.84. The van der Waals surface area contributed by atoms with Crippen LogP contribution < -0.4 is 0 Å². The van der Waals surface area contributed by atoms with E-state index >= 15 is 0 Å². The molecule has 0 N–H and O–H groups in total. The van der Waals surface area contributed by atoms with Crippen LogP contribution in [0.4, 0.5) is 8.78 Å². The van der Waals surface area contributed by atoms with Crippen molar-refractivity contribution in [1.29, 1.82) is 0 Å². The molecule has 2 amide bonds. The Balaban J connectivity index is 2.77. The summed E-state index contributed by atoms with van der Waals surface area (Å²) in [6, 6.07) is 0. The number of halogens is 2. The summed E-state index contributed by atoms with van der Waals surface area (Å²) in [5, 5.41) is 0. The van der Waals surface area contributed by atoms with Gasteiger partial charge in [-0.1, -0.05) is 13.8 Å². The molecule has 1 rings (SSSR count). The first-order chi connectivity index (χ1) is 5.84. The lowest BCUT2D eigenvalue weighted by atomic mass is 9.92. The van der Waals surface area contributed by atoms with Crippen molar-refractivity contribution in [2.75, 3.05) is 6.54 Å². The number of hydrogen-bond donors (Lipinski definition) is 0. The second-order valence-corrected chi connectivity index (χ2v) is 3.76. The molecule has 0 unspecified atom stereocenters. The van der Waals surface area contributed by atoms with Crippen LogP contribution in [-0.2, 0) is 9.59 Å². The van der Waals surface area contributed by atoms with Gasteiger partial charge in [-0.2, -0.15) is 0 Å². The van der Waals surface area contributed by atoms with E-state index in [-0.39, 0.29) is 6.42 Å². The summed E-state index contributed by atoms with van der Waals surface area (Å²) in [6.07, 6.45) is -2.62. The lowest BCUT2D eigenvalue weighted by Crippen LogP contribution is -2.36. The van der Waals surface area contributed by atoms with Gasteiger partial charge in [-0.3, -0.25) is 14.5 Å². The van der Waals surface area contributed by atoms with Crippen LogP contribution in [0.5, 0.6) is 0 Å². The zero-order valence-corrected chi connectivity index (χ0v) is 7.51. The Kier molecular flexibility index (Phi) is 2.36. The number of likely N-dealkylation sites (tertiary alicyclic amines) is 1. The standard InChI is InChI=1S/C8H11F2NO2/c1-8(2)3-6(12)11(7(8)13)4-5(9)10/h5H,3-4H2,1-2H3. The summed E-state index contributed by atoms with van der Waals surface area (Å²) in [5.41, 5.74) is -0.814. The number of rotatable bonds is 2. The second kappa shape index (κ2) is 3.05. The molecule has 0 aromatic heterocycles. The number of hydrogen-bond acceptors (Lipinski definition) is 2. The predicted octanol–water partition coefficient (Wildman–Crippen LogP) is 1.04. The Morgan fingerprint density at radius 3 is 2.31 bits per heavy atom. The summed E-state index contributed by atoms with van der Waals surface area (Å²) in [4.78, 5) is 23.1. The summed E-state index contributed by atoms with van der Waals surface area (Å²) in [6.45, 7) is 2.39. The predicted molar refractivity (Wildman–Crippen MR) is 41.1 cm³/mol. The molecule has 13 heavy (non-hydrogen) atoms. The van der Waals surface area contributed by atoms with Gasteiger partial charge in [0.1, 0.15) is 0 Å². The number of nitrogens with zero attached hydrogens (tertiary/aromatic N) is 1. The van der Waals surface area contributed by atoms with Gasteiger partial charge >= 0.3 is 0 Å². The van der Waals surface area contributed by atoms with E-state index in [0.717, 1.165) is 0 Å². The van der Waals surface area contributed by atoms with Gasteiger partial charge in [0.2, 0.25) is 11.8 Å². The van der Waals surface area contributed by atoms with Gasteiger partial charge in [-0.05, 0) is 0 Å². The number of carbonyl (C=O) groups excluding carboxylic acids is 2. The average Bonchev–Trinajstić information content (AvgIpc) is 2.12. The van der Waals surface area contributed by atoms with E-state index in [4.69, 9.17) is 0 Å². The fraction of sp³-hybridized carbons (Fsp3) is 0.750. The fourth-order valence-corrected chi connectivity index (χ4v) is 1.35. The minimum absolute atomic E-state index is 0.0263. The third-order valence-electron chi connectivity index (χ3n) is 2.04. The highest BCUT2D eigenvalue weighted by molar-refractivity contribution is 6.05. The highest BCUT2D eigenvalue weighted by atomic mass is 19.3. The van der Waals surface area contributed by atoms with Gasteiger partial charge in [0.15, 0.2) is 0 Å². The Morgan fingerprint density at radius 1 is 1.46 bits per heavy atom. The third-order valence-corrected chi connectivity index (χ3v) is 2.04. The highest BCUT2D eigenvalue weighted by Gasteiger charge is 2.45. The average molecular weight is 191 g/mol. The quantitative estimate of drug-likeness (QED) is 0.611. The van der Waals surface area contributed by atoms with Gasteiger partial charge in [0.05, 0.1) is 12.0 Å². The van der Waals surface area contributed by atoms with Crippen LogP contribution in [-0.4, -0.2) is 29.7 Å². The second-order valence-electron chi connectivity index (χ2n) is 3.76. The van der Waals surface area contributed by atoms with E-state index in [1.54, 1.807) is 13.8 Å². The Morgan fingerprint density at radius 2 is 2.00 bits per heavy atom. The molecule has 1 heterocycles. The molecule has 1 aliphatic rings. The van der Waals surface area contributed by atoms with E-state index in [2.05, 4.69) is 0 Å².